The predicted molar refractivity (Wildman–Crippen MR) is 153 cm³/mol. The Labute approximate surface area is 218 Å². The van der Waals surface area contributed by atoms with Crippen LogP contribution in [0.15, 0.2) is 24.3 Å². The summed E-state index contributed by atoms with van der Waals surface area (Å²) in [5.41, 5.74) is 1.37. The molecular weight excluding hydrogens is 525 g/mol. The van der Waals surface area contributed by atoms with Crippen molar-refractivity contribution in [3.8, 4) is 12.3 Å². The van der Waals surface area contributed by atoms with Crippen molar-refractivity contribution < 1.29 is 4.48 Å². The van der Waals surface area contributed by atoms with Gasteiger partial charge in [-0.25, -0.2) is 0 Å². The van der Waals surface area contributed by atoms with Crippen molar-refractivity contribution in [2.24, 2.45) is 0 Å². The second kappa shape index (κ2) is 19.1. The van der Waals surface area contributed by atoms with E-state index in [4.69, 9.17) is 18.0 Å². The van der Waals surface area contributed by atoms with Gasteiger partial charge >= 0.3 is 0 Å². The molecule has 1 aromatic rings. The first-order valence-electron chi connectivity index (χ1n) is 13.3. The van der Waals surface area contributed by atoms with E-state index < -0.39 is 0 Å². The van der Waals surface area contributed by atoms with Gasteiger partial charge in [-0.3, -0.25) is 0 Å². The number of terminal acetylenes is 1. The van der Waals surface area contributed by atoms with E-state index in [2.05, 4.69) is 54.5 Å². The van der Waals surface area contributed by atoms with Crippen LogP contribution in [0.5, 0.6) is 0 Å². The number of hydrogen-bond donors (Lipinski definition) is 0. The van der Waals surface area contributed by atoms with Gasteiger partial charge in [0.1, 0.15) is 10.6 Å². The lowest BCUT2D eigenvalue weighted by Crippen LogP contribution is -2.55. The molecule has 1 atom stereocenters. The second-order valence-corrected chi connectivity index (χ2v) is 11.4. The van der Waals surface area contributed by atoms with Crippen LogP contribution in [0.4, 0.5) is 0 Å². The third-order valence-corrected chi connectivity index (χ3v) is 8.61. The van der Waals surface area contributed by atoms with E-state index in [0.29, 0.717) is 4.05 Å². The molecule has 0 aliphatic carbocycles. The highest BCUT2D eigenvalue weighted by molar-refractivity contribution is 14.1. The molecule has 0 aromatic heterocycles. The summed E-state index contributed by atoms with van der Waals surface area (Å²) >= 11 is 8.81. The molecule has 0 aliphatic heterocycles. The van der Waals surface area contributed by atoms with Gasteiger partial charge < -0.3 is 4.48 Å². The van der Waals surface area contributed by atoms with Crippen molar-refractivity contribution in [1.82, 2.24) is 0 Å². The summed E-state index contributed by atoms with van der Waals surface area (Å²) in [6.07, 6.45) is 26.0. The number of quaternary nitrogens is 1. The van der Waals surface area contributed by atoms with Gasteiger partial charge in [-0.05, 0) is 71.9 Å². The highest BCUT2D eigenvalue weighted by Gasteiger charge is 2.33. The SMILES string of the molecule is C#CC[N+](CCCCCCCCC)(CCCCCCCCC)C(I)Cc1ccc(Cl)cc1. The van der Waals surface area contributed by atoms with Crippen LogP contribution in [-0.2, 0) is 6.42 Å². The molecule has 0 spiro atoms. The number of unbranched alkanes of at least 4 members (excludes halogenated alkanes) is 12. The summed E-state index contributed by atoms with van der Waals surface area (Å²) in [6.45, 7) is 7.87. The molecule has 0 aliphatic rings. The molecule has 0 radical (unpaired) electrons. The van der Waals surface area contributed by atoms with E-state index in [1.165, 1.54) is 109 Å². The van der Waals surface area contributed by atoms with E-state index in [0.717, 1.165) is 22.5 Å². The maximum absolute atomic E-state index is 6.12. The summed E-state index contributed by atoms with van der Waals surface area (Å²) < 4.78 is 1.58. The minimum atomic E-state index is 0.505. The van der Waals surface area contributed by atoms with Crippen molar-refractivity contribution in [2.75, 3.05) is 19.6 Å². The first-order valence-corrected chi connectivity index (χ1v) is 14.9. The molecule has 1 nitrogen and oxygen atoms in total. The minimum Gasteiger partial charge on any atom is -0.303 e. The summed E-state index contributed by atoms with van der Waals surface area (Å²) in [5.74, 6) is 3.07. The predicted octanol–water partition coefficient (Wildman–Crippen LogP) is 9.59. The molecule has 3 heteroatoms. The number of halogens is 2. The molecule has 0 N–H and O–H groups in total. The number of rotatable bonds is 20. The molecule has 1 unspecified atom stereocenters. The Morgan fingerprint density at radius 3 is 1.66 bits per heavy atom. The van der Waals surface area contributed by atoms with Crippen LogP contribution in [0, 0.1) is 12.3 Å². The maximum Gasteiger partial charge on any atom is 0.144 e. The molecule has 32 heavy (non-hydrogen) atoms. The average molecular weight is 573 g/mol. The molecule has 0 amide bonds. The van der Waals surface area contributed by atoms with Crippen molar-refractivity contribution in [3.63, 3.8) is 0 Å². The molecule has 182 valence electrons. The molecule has 0 fully saturated rings. The van der Waals surface area contributed by atoms with Crippen molar-refractivity contribution in [3.05, 3.63) is 34.9 Å². The Hall–Kier alpha value is -0.240. The highest BCUT2D eigenvalue weighted by atomic mass is 127. The van der Waals surface area contributed by atoms with Gasteiger partial charge in [0, 0.05) is 11.4 Å². The van der Waals surface area contributed by atoms with Gasteiger partial charge in [0.05, 0.1) is 13.1 Å². The molecule has 0 bridgehead atoms. The summed E-state index contributed by atoms with van der Waals surface area (Å²) in [5, 5.41) is 0.814. The lowest BCUT2D eigenvalue weighted by Gasteiger charge is -2.42. The van der Waals surface area contributed by atoms with E-state index >= 15 is 0 Å². The van der Waals surface area contributed by atoms with Crippen LogP contribution in [-0.4, -0.2) is 28.2 Å². The van der Waals surface area contributed by atoms with Gasteiger partial charge in [-0.15, -0.1) is 6.42 Å². The quantitative estimate of drug-likeness (QED) is 0.0364. The summed E-state index contributed by atoms with van der Waals surface area (Å²) in [7, 11) is 0. The Morgan fingerprint density at radius 2 is 1.22 bits per heavy atom. The first-order chi connectivity index (χ1) is 15.6. The number of alkyl halides is 1. The third-order valence-electron chi connectivity index (χ3n) is 6.73. The topological polar surface area (TPSA) is 0 Å². The molecule has 1 rings (SSSR count). The average Bonchev–Trinajstić information content (AvgIpc) is 2.79. The Balaban J connectivity index is 2.69. The number of benzene rings is 1. The van der Waals surface area contributed by atoms with E-state index in [1.54, 1.807) is 0 Å². The van der Waals surface area contributed by atoms with Gasteiger partial charge in [-0.2, -0.15) is 0 Å². The molecule has 0 saturated heterocycles. The van der Waals surface area contributed by atoms with Crippen LogP contribution in [0.1, 0.15) is 109 Å². The Kier molecular flexibility index (Phi) is 17.8. The fourth-order valence-corrected chi connectivity index (χ4v) is 6.00. The number of nitrogens with zero attached hydrogens (tertiary/aromatic N) is 1. The molecule has 0 saturated carbocycles. The smallest absolute Gasteiger partial charge is 0.144 e. The Bertz CT molecular complexity index is 589. The van der Waals surface area contributed by atoms with Crippen LogP contribution < -0.4 is 0 Å². The van der Waals surface area contributed by atoms with Crippen molar-refractivity contribution >= 4 is 34.2 Å². The number of hydrogen-bond acceptors (Lipinski definition) is 0. The fraction of sp³-hybridized carbons (Fsp3) is 0.724. The summed E-state index contributed by atoms with van der Waals surface area (Å²) in [4.78, 5) is 0. The van der Waals surface area contributed by atoms with Gasteiger partial charge in [0.25, 0.3) is 0 Å². The normalized spacial score (nSPS) is 12.6. The van der Waals surface area contributed by atoms with Crippen molar-refractivity contribution in [2.45, 2.75) is 114 Å². The van der Waals surface area contributed by atoms with Crippen LogP contribution in [0.25, 0.3) is 0 Å². The van der Waals surface area contributed by atoms with Crippen LogP contribution in [0.2, 0.25) is 5.02 Å². The Morgan fingerprint density at radius 1 is 0.781 bits per heavy atom. The third kappa shape index (κ3) is 12.9. The monoisotopic (exact) mass is 572 g/mol. The van der Waals surface area contributed by atoms with E-state index in [1.807, 2.05) is 12.1 Å². The largest absolute Gasteiger partial charge is 0.303 e. The summed E-state index contributed by atoms with van der Waals surface area (Å²) in [6, 6.07) is 8.39. The van der Waals surface area contributed by atoms with E-state index in [9.17, 15) is 0 Å². The fourth-order valence-electron chi connectivity index (χ4n) is 4.61. The zero-order valence-corrected chi connectivity index (χ0v) is 23.8. The van der Waals surface area contributed by atoms with Crippen LogP contribution >= 0.6 is 34.2 Å². The van der Waals surface area contributed by atoms with Crippen LogP contribution in [0.3, 0.4) is 0 Å². The van der Waals surface area contributed by atoms with Gasteiger partial charge in [0.2, 0.25) is 0 Å². The maximum atomic E-state index is 6.12. The standard InChI is InChI=1S/C29H48ClIN/c1-4-7-9-11-13-15-17-24-32(23-6-3,25-18-16-14-12-10-8-5-2)29(31)26-27-19-21-28(30)22-20-27/h3,19-22,29H,4-5,7-18,23-26H2,1-2H3/q+1. The first kappa shape index (κ1) is 29.8. The molecular formula is C29H48ClIN+. The van der Waals surface area contributed by atoms with Crippen molar-refractivity contribution in [1.29, 1.82) is 0 Å². The lowest BCUT2D eigenvalue weighted by molar-refractivity contribution is -0.927. The van der Waals surface area contributed by atoms with Gasteiger partial charge in [-0.1, -0.05) is 102 Å². The molecule has 1 aromatic carbocycles. The van der Waals surface area contributed by atoms with Gasteiger partial charge in [0.15, 0.2) is 0 Å². The lowest BCUT2D eigenvalue weighted by atomic mass is 10.1. The van der Waals surface area contributed by atoms with E-state index in [-0.39, 0.29) is 0 Å². The second-order valence-electron chi connectivity index (χ2n) is 9.54. The zero-order valence-electron chi connectivity index (χ0n) is 20.9. The molecule has 0 heterocycles. The zero-order chi connectivity index (χ0) is 23.5. The highest BCUT2D eigenvalue weighted by Crippen LogP contribution is 2.27. The minimum absolute atomic E-state index is 0.505.